The van der Waals surface area contributed by atoms with Crippen molar-refractivity contribution in [3.8, 4) is 11.4 Å². The number of ether oxygens (including phenoxy) is 1. The van der Waals surface area contributed by atoms with Crippen LogP contribution in [0.1, 0.15) is 12.1 Å². The zero-order chi connectivity index (χ0) is 19.3. The van der Waals surface area contributed by atoms with Gasteiger partial charge in [-0.3, -0.25) is 9.36 Å². The minimum atomic E-state index is -0.190. The number of rotatable bonds is 6. The third-order valence-electron chi connectivity index (χ3n) is 4.58. The molecule has 0 atom stereocenters. The van der Waals surface area contributed by atoms with Crippen LogP contribution in [-0.4, -0.2) is 57.1 Å². The monoisotopic (exact) mass is 380 g/mol. The Labute approximate surface area is 161 Å². The van der Waals surface area contributed by atoms with Gasteiger partial charge in [-0.2, -0.15) is 0 Å². The van der Waals surface area contributed by atoms with Crippen LogP contribution >= 0.6 is 0 Å². The number of aromatic nitrogens is 5. The Morgan fingerprint density at radius 3 is 2.54 bits per heavy atom. The Morgan fingerprint density at radius 2 is 1.86 bits per heavy atom. The molecular weight excluding hydrogens is 360 g/mol. The van der Waals surface area contributed by atoms with E-state index in [4.69, 9.17) is 4.74 Å². The second-order valence-electron chi connectivity index (χ2n) is 6.40. The number of nitrogens with zero attached hydrogens (tertiary/aromatic N) is 6. The summed E-state index contributed by atoms with van der Waals surface area (Å²) < 4.78 is 8.61. The molecule has 0 N–H and O–H groups in total. The maximum absolute atomic E-state index is 13.1. The predicted octanol–water partition coefficient (Wildman–Crippen LogP) is 0.781. The minimum Gasteiger partial charge on any atom is -0.378 e. The molecular formula is C19H20N6O3. The third kappa shape index (κ3) is 3.70. The topological polar surface area (TPSA) is 95.1 Å². The summed E-state index contributed by atoms with van der Waals surface area (Å²) in [6, 6.07) is 7.45. The van der Waals surface area contributed by atoms with Crippen molar-refractivity contribution in [1.29, 1.82) is 0 Å². The largest absolute Gasteiger partial charge is 0.378 e. The molecule has 28 heavy (non-hydrogen) atoms. The lowest BCUT2D eigenvalue weighted by Crippen LogP contribution is -2.41. The van der Waals surface area contributed by atoms with E-state index in [2.05, 4.69) is 15.3 Å². The van der Waals surface area contributed by atoms with Gasteiger partial charge in [-0.1, -0.05) is 5.21 Å². The molecule has 1 aliphatic rings. The molecule has 1 saturated heterocycles. The lowest BCUT2D eigenvalue weighted by atomic mass is 10.2. The minimum absolute atomic E-state index is 0.190. The van der Waals surface area contributed by atoms with Gasteiger partial charge in [-0.15, -0.1) is 5.10 Å². The van der Waals surface area contributed by atoms with Crippen LogP contribution in [0.15, 0.2) is 47.7 Å². The van der Waals surface area contributed by atoms with Crippen LogP contribution in [0.2, 0.25) is 0 Å². The van der Waals surface area contributed by atoms with Gasteiger partial charge in [0.25, 0.3) is 5.56 Å². The summed E-state index contributed by atoms with van der Waals surface area (Å²) in [5.41, 5.74) is 2.08. The van der Waals surface area contributed by atoms with Gasteiger partial charge in [0, 0.05) is 31.4 Å². The van der Waals surface area contributed by atoms with E-state index in [9.17, 15) is 9.59 Å². The lowest BCUT2D eigenvalue weighted by molar-refractivity contribution is -0.107. The molecule has 4 rings (SSSR count). The molecule has 0 spiro atoms. The van der Waals surface area contributed by atoms with Crippen molar-refractivity contribution >= 4 is 12.1 Å². The van der Waals surface area contributed by atoms with Crippen molar-refractivity contribution < 1.29 is 9.53 Å². The smallest absolute Gasteiger partial charge is 0.298 e. The van der Waals surface area contributed by atoms with Crippen molar-refractivity contribution in [2.45, 2.75) is 12.8 Å². The van der Waals surface area contributed by atoms with E-state index >= 15 is 0 Å². The summed E-state index contributed by atoms with van der Waals surface area (Å²) >= 11 is 0. The van der Waals surface area contributed by atoms with E-state index in [1.807, 2.05) is 29.2 Å². The second kappa shape index (κ2) is 8.13. The molecule has 9 heteroatoms. The van der Waals surface area contributed by atoms with Crippen LogP contribution in [0.3, 0.4) is 0 Å². The third-order valence-corrected chi connectivity index (χ3v) is 4.58. The van der Waals surface area contributed by atoms with Crippen LogP contribution in [-0.2, 0) is 16.0 Å². The molecule has 0 aliphatic carbocycles. The van der Waals surface area contributed by atoms with Crippen LogP contribution < -0.4 is 10.5 Å². The normalized spacial score (nSPS) is 14.2. The Bertz CT molecular complexity index is 992. The van der Waals surface area contributed by atoms with Gasteiger partial charge in [-0.05, 0) is 30.7 Å². The standard InChI is InChI=1S/C19H20N6O3/c26-11-1-2-15-14-24(19(27)18(21-15)23-9-12-28-13-10-23)16-3-5-17(6-4-16)25-8-7-20-22-25/h3-8,11,14H,1-2,9-10,12-13H2. The Kier molecular flexibility index (Phi) is 5.24. The first-order valence-electron chi connectivity index (χ1n) is 9.12. The van der Waals surface area contributed by atoms with Crippen molar-refractivity contribution in [3.63, 3.8) is 0 Å². The molecule has 0 bridgehead atoms. The Hall–Kier alpha value is -3.33. The molecule has 144 valence electrons. The fourth-order valence-electron chi connectivity index (χ4n) is 3.14. The maximum atomic E-state index is 13.1. The quantitative estimate of drug-likeness (QED) is 0.583. The van der Waals surface area contributed by atoms with E-state index in [0.29, 0.717) is 50.7 Å². The van der Waals surface area contributed by atoms with Gasteiger partial charge < -0.3 is 14.4 Å². The van der Waals surface area contributed by atoms with Crippen LogP contribution in [0.4, 0.5) is 5.82 Å². The molecule has 3 heterocycles. The number of hydrogen-bond acceptors (Lipinski definition) is 7. The maximum Gasteiger partial charge on any atom is 0.298 e. The second-order valence-corrected chi connectivity index (χ2v) is 6.40. The average Bonchev–Trinajstić information content (AvgIpc) is 3.29. The fourth-order valence-corrected chi connectivity index (χ4v) is 3.14. The zero-order valence-corrected chi connectivity index (χ0v) is 15.3. The number of carbonyl (C=O) groups is 1. The van der Waals surface area contributed by atoms with E-state index in [1.165, 1.54) is 0 Å². The highest BCUT2D eigenvalue weighted by Crippen LogP contribution is 2.15. The van der Waals surface area contributed by atoms with E-state index < -0.39 is 0 Å². The SMILES string of the molecule is O=CCCc1cn(-c2ccc(-n3ccnn3)cc2)c(=O)c(N2CCOCC2)n1. The van der Waals surface area contributed by atoms with Gasteiger partial charge >= 0.3 is 0 Å². The lowest BCUT2D eigenvalue weighted by Gasteiger charge is -2.28. The highest BCUT2D eigenvalue weighted by Gasteiger charge is 2.19. The van der Waals surface area contributed by atoms with Gasteiger partial charge in [0.2, 0.25) is 0 Å². The zero-order valence-electron chi connectivity index (χ0n) is 15.3. The summed E-state index contributed by atoms with van der Waals surface area (Å²) in [6.45, 7) is 2.35. The van der Waals surface area contributed by atoms with E-state index in [1.54, 1.807) is 27.8 Å². The number of aryl methyl sites for hydroxylation is 1. The van der Waals surface area contributed by atoms with Gasteiger partial charge in [0.15, 0.2) is 5.82 Å². The number of aldehydes is 1. The van der Waals surface area contributed by atoms with Crippen molar-refractivity contribution in [3.05, 3.63) is 58.9 Å². The van der Waals surface area contributed by atoms with Crippen LogP contribution in [0.25, 0.3) is 11.4 Å². The van der Waals surface area contributed by atoms with E-state index in [0.717, 1.165) is 17.7 Å². The highest BCUT2D eigenvalue weighted by molar-refractivity contribution is 5.50. The molecule has 2 aromatic heterocycles. The Balaban J connectivity index is 1.74. The summed E-state index contributed by atoms with van der Waals surface area (Å²) in [4.78, 5) is 30.4. The molecule has 3 aromatic rings. The Morgan fingerprint density at radius 1 is 1.11 bits per heavy atom. The summed E-state index contributed by atoms with van der Waals surface area (Å²) in [5, 5.41) is 7.77. The number of benzene rings is 1. The summed E-state index contributed by atoms with van der Waals surface area (Å²) in [6.07, 6.45) is 6.77. The number of anilines is 1. The average molecular weight is 380 g/mol. The molecule has 1 fully saturated rings. The molecule has 1 aliphatic heterocycles. The van der Waals surface area contributed by atoms with E-state index in [-0.39, 0.29) is 5.56 Å². The molecule has 0 unspecified atom stereocenters. The van der Waals surface area contributed by atoms with Gasteiger partial charge in [0.1, 0.15) is 6.29 Å². The molecule has 0 radical (unpaired) electrons. The first kappa shape index (κ1) is 18.1. The molecule has 1 aromatic carbocycles. The fraction of sp³-hybridized carbons (Fsp3) is 0.316. The van der Waals surface area contributed by atoms with Crippen molar-refractivity contribution in [2.24, 2.45) is 0 Å². The van der Waals surface area contributed by atoms with Crippen LogP contribution in [0, 0.1) is 0 Å². The van der Waals surface area contributed by atoms with Gasteiger partial charge in [0.05, 0.1) is 37.0 Å². The molecule has 0 saturated carbocycles. The van der Waals surface area contributed by atoms with Crippen LogP contribution in [0.5, 0.6) is 0 Å². The number of hydrogen-bond donors (Lipinski definition) is 0. The van der Waals surface area contributed by atoms with Crippen molar-refractivity contribution in [2.75, 3.05) is 31.2 Å². The number of carbonyl (C=O) groups excluding carboxylic acids is 1. The summed E-state index contributed by atoms with van der Waals surface area (Å²) in [5.74, 6) is 0.395. The first-order chi connectivity index (χ1) is 13.8. The predicted molar refractivity (Wildman–Crippen MR) is 102 cm³/mol. The number of morpholine rings is 1. The molecule has 9 nitrogen and oxygen atoms in total. The first-order valence-corrected chi connectivity index (χ1v) is 9.12. The van der Waals surface area contributed by atoms with Gasteiger partial charge in [-0.25, -0.2) is 9.67 Å². The highest BCUT2D eigenvalue weighted by atomic mass is 16.5. The molecule has 0 amide bonds. The summed E-state index contributed by atoms with van der Waals surface area (Å²) in [7, 11) is 0. The van der Waals surface area contributed by atoms with Crippen molar-refractivity contribution in [1.82, 2.24) is 24.5 Å².